The number of aromatic nitrogens is 1. The highest BCUT2D eigenvalue weighted by Gasteiger charge is 2.23. The lowest BCUT2D eigenvalue weighted by molar-refractivity contribution is -0.385. The van der Waals surface area contributed by atoms with E-state index < -0.39 is 14.9 Å². The first-order chi connectivity index (χ1) is 18.1. The van der Waals surface area contributed by atoms with Gasteiger partial charge in [0.05, 0.1) is 23.9 Å². The van der Waals surface area contributed by atoms with Crippen molar-refractivity contribution in [2.45, 2.75) is 25.7 Å². The van der Waals surface area contributed by atoms with E-state index in [2.05, 4.69) is 25.9 Å². The number of ether oxygens (including phenoxy) is 1. The third-order valence-corrected chi connectivity index (χ3v) is 7.35. The fraction of sp³-hybridized carbons (Fsp3) is 0.148. The zero-order valence-corrected chi connectivity index (χ0v) is 22.1. The summed E-state index contributed by atoms with van der Waals surface area (Å²) in [4.78, 5) is 10.4. The van der Waals surface area contributed by atoms with Gasteiger partial charge in [-0.25, -0.2) is 8.42 Å². The van der Waals surface area contributed by atoms with Crippen LogP contribution in [0.3, 0.4) is 0 Å². The first kappa shape index (κ1) is 26.4. The number of hydrazone groups is 1. The number of nitro benzene ring substituents is 1. The maximum absolute atomic E-state index is 13.2. The first-order valence-corrected chi connectivity index (χ1v) is 13.1. The lowest BCUT2D eigenvalue weighted by atomic mass is 10.2. The summed E-state index contributed by atoms with van der Waals surface area (Å²) in [6, 6.07) is 19.9. The number of hydrogen-bond acceptors (Lipinski definition) is 7. The van der Waals surface area contributed by atoms with Gasteiger partial charge in [-0.3, -0.25) is 20.3 Å². The number of aryl methyl sites for hydroxylation is 2. The molecule has 0 atom stereocenters. The second-order valence-electron chi connectivity index (χ2n) is 8.64. The highest BCUT2D eigenvalue weighted by atomic mass is 32.2. The Bertz CT molecular complexity index is 1630. The quantitative estimate of drug-likeness (QED) is 0.165. The van der Waals surface area contributed by atoms with Crippen LogP contribution in [0.25, 0.3) is 5.69 Å². The molecule has 196 valence electrons. The van der Waals surface area contributed by atoms with Crippen molar-refractivity contribution in [2.24, 2.45) is 5.10 Å². The molecule has 3 aromatic carbocycles. The topological polar surface area (TPSA) is 128 Å². The van der Waals surface area contributed by atoms with Crippen LogP contribution in [0.1, 0.15) is 22.5 Å². The van der Waals surface area contributed by atoms with Crippen LogP contribution in [0.2, 0.25) is 0 Å². The van der Waals surface area contributed by atoms with Gasteiger partial charge in [0.1, 0.15) is 10.6 Å². The lowest BCUT2D eigenvalue weighted by Gasteiger charge is -2.12. The fourth-order valence-electron chi connectivity index (χ4n) is 4.06. The van der Waals surface area contributed by atoms with E-state index in [9.17, 15) is 18.5 Å². The molecular weight excluding hydrogens is 506 g/mol. The average Bonchev–Trinajstić information content (AvgIpc) is 3.16. The van der Waals surface area contributed by atoms with Crippen molar-refractivity contribution in [2.75, 3.05) is 17.3 Å². The van der Waals surface area contributed by atoms with Gasteiger partial charge >= 0.3 is 0 Å². The monoisotopic (exact) mass is 533 g/mol. The molecule has 0 unspecified atom stereocenters. The van der Waals surface area contributed by atoms with Crippen molar-refractivity contribution >= 4 is 33.3 Å². The average molecular weight is 534 g/mol. The molecule has 1 heterocycles. The predicted molar refractivity (Wildman–Crippen MR) is 148 cm³/mol. The van der Waals surface area contributed by atoms with Gasteiger partial charge in [0.15, 0.2) is 0 Å². The van der Waals surface area contributed by atoms with Crippen molar-refractivity contribution < 1.29 is 18.1 Å². The number of nitro groups is 1. The Balaban J connectivity index is 1.63. The standard InChI is InChI=1S/C27H27N5O5S/c1-18-6-5-7-23(14-18)31-19(2)15-21(20(31)3)17-28-29-26-13-10-24(32(33)34)16-27(26)38(35,36)30-22-8-11-25(37-4)12-9-22/h5-17,29-30H,1-4H3/b28-17-. The van der Waals surface area contributed by atoms with Gasteiger partial charge in [-0.05, 0) is 74.9 Å². The molecule has 0 amide bonds. The van der Waals surface area contributed by atoms with Crippen molar-refractivity contribution in [3.8, 4) is 11.4 Å². The summed E-state index contributed by atoms with van der Waals surface area (Å²) in [5.41, 5.74) is 7.70. The van der Waals surface area contributed by atoms with E-state index in [0.29, 0.717) is 5.75 Å². The van der Waals surface area contributed by atoms with E-state index in [1.807, 2.05) is 45.0 Å². The predicted octanol–water partition coefficient (Wildman–Crippen LogP) is 5.57. The maximum atomic E-state index is 13.2. The molecule has 10 nitrogen and oxygen atoms in total. The number of anilines is 2. The molecule has 0 saturated heterocycles. The second-order valence-corrected chi connectivity index (χ2v) is 10.3. The molecule has 4 aromatic rings. The van der Waals surface area contributed by atoms with Gasteiger partial charge in [-0.2, -0.15) is 5.10 Å². The Morgan fingerprint density at radius 1 is 1.00 bits per heavy atom. The summed E-state index contributed by atoms with van der Waals surface area (Å²) >= 11 is 0. The molecule has 0 fully saturated rings. The van der Waals surface area contributed by atoms with E-state index in [-0.39, 0.29) is 22.0 Å². The molecule has 0 aliphatic heterocycles. The number of methoxy groups -OCH3 is 1. The maximum Gasteiger partial charge on any atom is 0.270 e. The van der Waals surface area contributed by atoms with Crippen LogP contribution in [0.4, 0.5) is 17.1 Å². The minimum atomic E-state index is -4.20. The number of nitrogens with one attached hydrogen (secondary N) is 2. The molecule has 0 spiro atoms. The number of benzene rings is 3. The van der Waals surface area contributed by atoms with E-state index in [1.54, 1.807) is 18.3 Å². The summed E-state index contributed by atoms with van der Waals surface area (Å²) in [7, 11) is -2.70. The van der Waals surface area contributed by atoms with E-state index in [4.69, 9.17) is 4.74 Å². The van der Waals surface area contributed by atoms with Gasteiger partial charge in [-0.15, -0.1) is 0 Å². The minimum absolute atomic E-state index is 0.0837. The van der Waals surface area contributed by atoms with Crippen molar-refractivity contribution in [1.82, 2.24) is 4.57 Å². The van der Waals surface area contributed by atoms with Crippen molar-refractivity contribution in [3.63, 3.8) is 0 Å². The van der Waals surface area contributed by atoms with Crippen molar-refractivity contribution in [1.29, 1.82) is 0 Å². The minimum Gasteiger partial charge on any atom is -0.497 e. The van der Waals surface area contributed by atoms with E-state index >= 15 is 0 Å². The number of non-ortho nitro benzene ring substituents is 1. The normalized spacial score (nSPS) is 11.5. The van der Waals surface area contributed by atoms with Crippen LogP contribution in [0, 0.1) is 30.9 Å². The third-order valence-electron chi connectivity index (χ3n) is 5.93. The molecule has 2 N–H and O–H groups in total. The number of rotatable bonds is 9. The SMILES string of the molecule is COc1ccc(NS(=O)(=O)c2cc([N+](=O)[O-])ccc2N/N=C\c2cc(C)n(-c3cccc(C)c3)c2C)cc1. The molecule has 0 saturated carbocycles. The fourth-order valence-corrected chi connectivity index (χ4v) is 5.30. The largest absolute Gasteiger partial charge is 0.497 e. The summed E-state index contributed by atoms with van der Waals surface area (Å²) in [5.74, 6) is 0.557. The van der Waals surface area contributed by atoms with Crippen LogP contribution in [0.15, 0.2) is 82.8 Å². The molecule has 0 bridgehead atoms. The molecule has 11 heteroatoms. The summed E-state index contributed by atoms with van der Waals surface area (Å²) < 4.78 is 36.1. The smallest absolute Gasteiger partial charge is 0.270 e. The number of hydrogen-bond donors (Lipinski definition) is 2. The molecule has 0 aliphatic carbocycles. The third kappa shape index (κ3) is 5.68. The van der Waals surface area contributed by atoms with E-state index in [1.165, 1.54) is 31.4 Å². The first-order valence-electron chi connectivity index (χ1n) is 11.6. The van der Waals surface area contributed by atoms with Gasteiger partial charge in [0.2, 0.25) is 0 Å². The van der Waals surface area contributed by atoms with Crippen molar-refractivity contribution in [3.05, 3.63) is 105 Å². The summed E-state index contributed by atoms with van der Waals surface area (Å²) in [5, 5.41) is 15.6. The highest BCUT2D eigenvalue weighted by molar-refractivity contribution is 7.92. The molecule has 0 aliphatic rings. The second kappa shape index (κ2) is 10.8. The zero-order chi connectivity index (χ0) is 27.4. The Kier molecular flexibility index (Phi) is 7.49. The van der Waals surface area contributed by atoms with Gasteiger partial charge in [-0.1, -0.05) is 12.1 Å². The molecule has 4 rings (SSSR count). The van der Waals surface area contributed by atoms with E-state index in [0.717, 1.165) is 34.3 Å². The molecular formula is C27H27N5O5S. The van der Waals surface area contributed by atoms with Gasteiger partial charge < -0.3 is 9.30 Å². The van der Waals surface area contributed by atoms with Crippen LogP contribution < -0.4 is 14.9 Å². The van der Waals surface area contributed by atoms with Crippen LogP contribution in [0.5, 0.6) is 5.75 Å². The van der Waals surface area contributed by atoms with Crippen LogP contribution >= 0.6 is 0 Å². The van der Waals surface area contributed by atoms with Gasteiger partial charge in [0, 0.05) is 40.5 Å². The zero-order valence-electron chi connectivity index (χ0n) is 21.3. The number of sulfonamides is 1. The van der Waals surface area contributed by atoms with Crippen LogP contribution in [-0.2, 0) is 10.0 Å². The highest BCUT2D eigenvalue weighted by Crippen LogP contribution is 2.29. The number of nitrogens with zero attached hydrogens (tertiary/aromatic N) is 3. The Morgan fingerprint density at radius 2 is 1.74 bits per heavy atom. The Morgan fingerprint density at radius 3 is 2.39 bits per heavy atom. The van der Waals surface area contributed by atoms with Gasteiger partial charge in [0.25, 0.3) is 15.7 Å². The lowest BCUT2D eigenvalue weighted by Crippen LogP contribution is -2.15. The van der Waals surface area contributed by atoms with Crippen LogP contribution in [-0.4, -0.2) is 31.2 Å². The summed E-state index contributed by atoms with van der Waals surface area (Å²) in [6.07, 6.45) is 1.59. The summed E-state index contributed by atoms with van der Waals surface area (Å²) in [6.45, 7) is 5.99. The Hall–Kier alpha value is -4.64. The molecule has 38 heavy (non-hydrogen) atoms. The molecule has 0 radical (unpaired) electrons. The molecule has 1 aromatic heterocycles. The Labute approximate surface area is 220 Å².